The number of rotatable bonds is 2. The fraction of sp³-hybridized carbons (Fsp3) is 0.455. The van der Waals surface area contributed by atoms with Gasteiger partial charge in [-0.25, -0.2) is 0 Å². The van der Waals surface area contributed by atoms with Crippen molar-refractivity contribution in [2.75, 3.05) is 7.11 Å². The minimum atomic E-state index is -0.342. The molecule has 13 heavy (non-hydrogen) atoms. The molecule has 0 amide bonds. The van der Waals surface area contributed by atoms with Gasteiger partial charge in [-0.05, 0) is 38.0 Å². The van der Waals surface area contributed by atoms with Crippen molar-refractivity contribution in [1.29, 1.82) is 0 Å². The molecule has 1 aromatic rings. The van der Waals surface area contributed by atoms with Crippen LogP contribution in [0.4, 0.5) is 0 Å². The molecule has 0 aliphatic heterocycles. The van der Waals surface area contributed by atoms with Crippen molar-refractivity contribution in [2.24, 2.45) is 0 Å². The van der Waals surface area contributed by atoms with Gasteiger partial charge in [0, 0.05) is 7.11 Å². The molecule has 2 nitrogen and oxygen atoms in total. The number of hydrogen-bond donors (Lipinski definition) is 1. The molecule has 0 saturated heterocycles. The number of hydrogen-bond acceptors (Lipinski definition) is 2. The summed E-state index contributed by atoms with van der Waals surface area (Å²) < 4.78 is 5.31. The van der Waals surface area contributed by atoms with Crippen LogP contribution in [0.2, 0.25) is 0 Å². The summed E-state index contributed by atoms with van der Waals surface area (Å²) in [5.41, 5.74) is 1.53. The smallest absolute Gasteiger partial charge is 0.118 e. The van der Waals surface area contributed by atoms with E-state index in [9.17, 15) is 5.11 Å². The molecule has 0 radical (unpaired) electrons. The highest BCUT2D eigenvalue weighted by molar-refractivity contribution is 5.37. The molecule has 2 heteroatoms. The molecule has 0 aliphatic rings. The molecular formula is C11H16O2. The zero-order chi connectivity index (χ0) is 10.1. The summed E-state index contributed by atoms with van der Waals surface area (Å²) in [5, 5.41) is 9.50. The minimum Gasteiger partial charge on any atom is -0.508 e. The fourth-order valence-corrected chi connectivity index (χ4v) is 1.10. The van der Waals surface area contributed by atoms with Gasteiger partial charge in [-0.3, -0.25) is 0 Å². The lowest BCUT2D eigenvalue weighted by molar-refractivity contribution is 0.0190. The normalized spacial score (nSPS) is 11.7. The Morgan fingerprint density at radius 1 is 1.31 bits per heavy atom. The predicted molar refractivity (Wildman–Crippen MR) is 52.9 cm³/mol. The first-order valence-corrected chi connectivity index (χ1v) is 4.32. The van der Waals surface area contributed by atoms with Crippen LogP contribution in [-0.2, 0) is 10.3 Å². The Balaban J connectivity index is 3.10. The van der Waals surface area contributed by atoms with Crippen LogP contribution in [0.3, 0.4) is 0 Å². The van der Waals surface area contributed by atoms with E-state index in [1.54, 1.807) is 13.2 Å². The van der Waals surface area contributed by atoms with Gasteiger partial charge >= 0.3 is 0 Å². The highest BCUT2D eigenvalue weighted by Crippen LogP contribution is 2.28. The van der Waals surface area contributed by atoms with Gasteiger partial charge in [-0.2, -0.15) is 0 Å². The molecule has 1 aromatic carbocycles. The SMILES string of the molecule is COC(C)(C)c1ccc(C)c(O)c1. The highest BCUT2D eigenvalue weighted by atomic mass is 16.5. The van der Waals surface area contributed by atoms with Crippen LogP contribution in [0.1, 0.15) is 25.0 Å². The molecule has 1 N–H and O–H groups in total. The molecule has 0 unspecified atom stereocenters. The Hall–Kier alpha value is -1.02. The molecule has 0 spiro atoms. The van der Waals surface area contributed by atoms with Crippen molar-refractivity contribution in [3.63, 3.8) is 0 Å². The molecule has 0 bridgehead atoms. The fourth-order valence-electron chi connectivity index (χ4n) is 1.10. The Morgan fingerprint density at radius 2 is 1.92 bits per heavy atom. The van der Waals surface area contributed by atoms with Crippen LogP contribution in [0.25, 0.3) is 0 Å². The van der Waals surface area contributed by atoms with Gasteiger partial charge in [0.2, 0.25) is 0 Å². The zero-order valence-corrected chi connectivity index (χ0v) is 8.59. The number of phenolic OH excluding ortho intramolecular Hbond substituents is 1. The van der Waals surface area contributed by atoms with E-state index >= 15 is 0 Å². The quantitative estimate of drug-likeness (QED) is 0.758. The number of phenols is 1. The van der Waals surface area contributed by atoms with Gasteiger partial charge in [0.05, 0.1) is 5.60 Å². The maximum atomic E-state index is 9.50. The zero-order valence-electron chi connectivity index (χ0n) is 8.59. The van der Waals surface area contributed by atoms with E-state index in [2.05, 4.69) is 0 Å². The summed E-state index contributed by atoms with van der Waals surface area (Å²) in [5.74, 6) is 0.322. The minimum absolute atomic E-state index is 0.322. The van der Waals surface area contributed by atoms with Crippen LogP contribution < -0.4 is 0 Å². The van der Waals surface area contributed by atoms with Crippen molar-refractivity contribution >= 4 is 0 Å². The molecule has 0 aliphatic carbocycles. The summed E-state index contributed by atoms with van der Waals surface area (Å²) in [7, 11) is 1.66. The molecule has 0 saturated carbocycles. The first-order valence-electron chi connectivity index (χ1n) is 4.32. The third-order valence-corrected chi connectivity index (χ3v) is 2.41. The maximum Gasteiger partial charge on any atom is 0.118 e. The van der Waals surface area contributed by atoms with Gasteiger partial charge in [0.25, 0.3) is 0 Å². The summed E-state index contributed by atoms with van der Waals surface area (Å²) in [4.78, 5) is 0. The van der Waals surface area contributed by atoms with Crippen LogP contribution in [-0.4, -0.2) is 12.2 Å². The third kappa shape index (κ3) is 2.01. The Morgan fingerprint density at radius 3 is 2.38 bits per heavy atom. The topological polar surface area (TPSA) is 29.5 Å². The molecule has 1 rings (SSSR count). The average Bonchev–Trinajstić information content (AvgIpc) is 2.09. The van der Waals surface area contributed by atoms with Gasteiger partial charge in [0.15, 0.2) is 0 Å². The third-order valence-electron chi connectivity index (χ3n) is 2.41. The van der Waals surface area contributed by atoms with Crippen LogP contribution in [0.5, 0.6) is 5.75 Å². The summed E-state index contributed by atoms with van der Waals surface area (Å²) in [6.07, 6.45) is 0. The van der Waals surface area contributed by atoms with E-state index in [0.29, 0.717) is 5.75 Å². The molecular weight excluding hydrogens is 164 g/mol. The van der Waals surface area contributed by atoms with Gasteiger partial charge in [0.1, 0.15) is 5.75 Å². The average molecular weight is 180 g/mol. The molecule has 0 fully saturated rings. The number of aryl methyl sites for hydroxylation is 1. The van der Waals surface area contributed by atoms with Gasteiger partial charge in [-0.1, -0.05) is 12.1 Å². The van der Waals surface area contributed by atoms with Gasteiger partial charge in [-0.15, -0.1) is 0 Å². The van der Waals surface area contributed by atoms with Crippen molar-refractivity contribution in [2.45, 2.75) is 26.4 Å². The number of ether oxygens (including phenoxy) is 1. The maximum absolute atomic E-state index is 9.50. The number of aromatic hydroxyl groups is 1. The van der Waals surface area contributed by atoms with Crippen molar-refractivity contribution in [3.05, 3.63) is 29.3 Å². The lowest BCUT2D eigenvalue weighted by Crippen LogP contribution is -2.19. The summed E-state index contributed by atoms with van der Waals surface area (Å²) >= 11 is 0. The summed E-state index contributed by atoms with van der Waals surface area (Å²) in [6.45, 7) is 5.81. The Kier molecular flexibility index (Phi) is 2.62. The van der Waals surface area contributed by atoms with Crippen LogP contribution >= 0.6 is 0 Å². The second-order valence-electron chi connectivity index (χ2n) is 3.72. The first-order chi connectivity index (χ1) is 5.97. The second-order valence-corrected chi connectivity index (χ2v) is 3.72. The monoisotopic (exact) mass is 180 g/mol. The Labute approximate surface area is 79.2 Å². The van der Waals surface area contributed by atoms with E-state index in [4.69, 9.17) is 4.74 Å². The second kappa shape index (κ2) is 3.38. The Bertz CT molecular complexity index is 303. The van der Waals surface area contributed by atoms with Gasteiger partial charge < -0.3 is 9.84 Å². The first kappa shape index (κ1) is 10.1. The van der Waals surface area contributed by atoms with E-state index in [-0.39, 0.29) is 5.60 Å². The van der Waals surface area contributed by atoms with Crippen molar-refractivity contribution in [3.8, 4) is 5.75 Å². The van der Waals surface area contributed by atoms with Crippen molar-refractivity contribution in [1.82, 2.24) is 0 Å². The van der Waals surface area contributed by atoms with Crippen LogP contribution in [0.15, 0.2) is 18.2 Å². The number of benzene rings is 1. The van der Waals surface area contributed by atoms with E-state index in [1.807, 2.05) is 32.9 Å². The van der Waals surface area contributed by atoms with E-state index < -0.39 is 0 Å². The number of methoxy groups -OCH3 is 1. The summed E-state index contributed by atoms with van der Waals surface area (Å²) in [6, 6.07) is 5.61. The molecule has 0 heterocycles. The van der Waals surface area contributed by atoms with Crippen LogP contribution in [0, 0.1) is 6.92 Å². The molecule has 0 atom stereocenters. The lowest BCUT2D eigenvalue weighted by atomic mass is 9.97. The predicted octanol–water partition coefficient (Wildman–Crippen LogP) is 2.58. The van der Waals surface area contributed by atoms with E-state index in [1.165, 1.54) is 0 Å². The molecule has 0 aromatic heterocycles. The largest absolute Gasteiger partial charge is 0.508 e. The highest BCUT2D eigenvalue weighted by Gasteiger charge is 2.19. The lowest BCUT2D eigenvalue weighted by Gasteiger charge is -2.23. The van der Waals surface area contributed by atoms with E-state index in [0.717, 1.165) is 11.1 Å². The molecule has 72 valence electrons. The van der Waals surface area contributed by atoms with Crippen molar-refractivity contribution < 1.29 is 9.84 Å². The standard InChI is InChI=1S/C11H16O2/c1-8-5-6-9(7-10(8)12)11(2,3)13-4/h5-7,12H,1-4H3.